The molecule has 2 N–H and O–H groups in total. The van der Waals surface area contributed by atoms with Gasteiger partial charge in [-0.2, -0.15) is 0 Å². The molecule has 0 saturated carbocycles. The number of quaternary nitrogens is 1. The first-order valence-corrected chi connectivity index (χ1v) is 5.88. The van der Waals surface area contributed by atoms with E-state index < -0.39 is 0 Å². The molecule has 2 rings (SSSR count). The molecule has 0 aliphatic carbocycles. The van der Waals surface area contributed by atoms with Gasteiger partial charge >= 0.3 is 0 Å². The minimum atomic E-state index is 0. The summed E-state index contributed by atoms with van der Waals surface area (Å²) >= 11 is 0. The quantitative estimate of drug-likeness (QED) is 0.403. The van der Waals surface area contributed by atoms with E-state index in [-0.39, 0.29) is 24.0 Å². The van der Waals surface area contributed by atoms with Gasteiger partial charge in [0.2, 0.25) is 0 Å². The van der Waals surface area contributed by atoms with Crippen LogP contribution in [0.2, 0.25) is 0 Å². The maximum Gasteiger partial charge on any atom is 0.108 e. The van der Waals surface area contributed by atoms with Gasteiger partial charge in [0.05, 0.1) is 27.7 Å². The lowest BCUT2D eigenvalue weighted by Gasteiger charge is -2.31. The Labute approximate surface area is 121 Å². The van der Waals surface area contributed by atoms with Crippen LogP contribution in [-0.2, 0) is 0 Å². The van der Waals surface area contributed by atoms with Gasteiger partial charge in [0.1, 0.15) is 6.04 Å². The van der Waals surface area contributed by atoms with Crippen LogP contribution in [-0.4, -0.2) is 44.8 Å². The highest BCUT2D eigenvalue weighted by Gasteiger charge is 2.32. The third kappa shape index (κ3) is 3.48. The van der Waals surface area contributed by atoms with Gasteiger partial charge in [-0.3, -0.25) is 0 Å². The van der Waals surface area contributed by atoms with Crippen LogP contribution in [0.15, 0.2) is 24.3 Å². The SMILES string of the molecule is C[N+](C)(C)C1CCN(c2ccc(N)cc2)C1.[I-]. The first-order valence-electron chi connectivity index (χ1n) is 5.88. The zero-order valence-corrected chi connectivity index (χ0v) is 13.0. The van der Waals surface area contributed by atoms with Crippen LogP contribution in [0.5, 0.6) is 0 Å². The average Bonchev–Trinajstić information content (AvgIpc) is 2.67. The predicted molar refractivity (Wildman–Crippen MR) is 69.5 cm³/mol. The fourth-order valence-corrected chi connectivity index (χ4v) is 2.29. The smallest absolute Gasteiger partial charge is 0.108 e. The Morgan fingerprint density at radius 1 is 1.18 bits per heavy atom. The summed E-state index contributed by atoms with van der Waals surface area (Å²) in [5, 5.41) is 0. The van der Waals surface area contributed by atoms with Crippen molar-refractivity contribution >= 4 is 11.4 Å². The van der Waals surface area contributed by atoms with E-state index in [0.717, 1.165) is 29.3 Å². The summed E-state index contributed by atoms with van der Waals surface area (Å²) in [5.74, 6) is 0. The van der Waals surface area contributed by atoms with Crippen molar-refractivity contribution in [1.29, 1.82) is 0 Å². The lowest BCUT2D eigenvalue weighted by atomic mass is 10.2. The third-order valence-electron chi connectivity index (χ3n) is 3.52. The molecule has 1 saturated heterocycles. The number of nitrogens with two attached hydrogens (primary N) is 1. The fraction of sp³-hybridized carbons (Fsp3) is 0.538. The van der Waals surface area contributed by atoms with Crippen molar-refractivity contribution in [3.05, 3.63) is 24.3 Å². The molecule has 1 atom stereocenters. The molecule has 1 heterocycles. The number of nitrogen functional groups attached to an aromatic ring is 1. The Bertz CT molecular complexity index is 356. The summed E-state index contributed by atoms with van der Waals surface area (Å²) in [4.78, 5) is 2.45. The van der Waals surface area contributed by atoms with Crippen LogP contribution in [0.4, 0.5) is 11.4 Å². The molecule has 0 spiro atoms. The van der Waals surface area contributed by atoms with E-state index in [1.165, 1.54) is 12.1 Å². The van der Waals surface area contributed by atoms with Crippen LogP contribution in [0.3, 0.4) is 0 Å². The molecule has 0 bridgehead atoms. The van der Waals surface area contributed by atoms with E-state index in [1.54, 1.807) is 0 Å². The maximum absolute atomic E-state index is 5.70. The number of nitrogens with zero attached hydrogens (tertiary/aromatic N) is 2. The predicted octanol–water partition coefficient (Wildman–Crippen LogP) is -1.44. The topological polar surface area (TPSA) is 29.3 Å². The summed E-state index contributed by atoms with van der Waals surface area (Å²) in [6, 6.07) is 8.93. The van der Waals surface area contributed by atoms with Crippen LogP contribution >= 0.6 is 0 Å². The van der Waals surface area contributed by atoms with Crippen molar-refractivity contribution in [1.82, 2.24) is 0 Å². The molecule has 1 aromatic carbocycles. The van der Waals surface area contributed by atoms with Crippen molar-refractivity contribution in [2.45, 2.75) is 12.5 Å². The zero-order chi connectivity index (χ0) is 11.8. The summed E-state index contributed by atoms with van der Waals surface area (Å²) in [5.41, 5.74) is 7.84. The number of hydrogen-bond acceptors (Lipinski definition) is 2. The van der Waals surface area contributed by atoms with Gasteiger partial charge in [0.25, 0.3) is 0 Å². The molecule has 1 aliphatic rings. The van der Waals surface area contributed by atoms with Gasteiger partial charge in [-0.25, -0.2) is 0 Å². The van der Waals surface area contributed by atoms with Crippen LogP contribution in [0.1, 0.15) is 6.42 Å². The molecule has 1 unspecified atom stereocenters. The Morgan fingerprint density at radius 3 is 2.24 bits per heavy atom. The molecule has 0 aromatic heterocycles. The molecule has 1 aromatic rings. The van der Waals surface area contributed by atoms with E-state index in [2.05, 4.69) is 38.2 Å². The molecule has 1 fully saturated rings. The molecular formula is C13H22IN3. The van der Waals surface area contributed by atoms with Gasteiger partial charge in [-0.1, -0.05) is 0 Å². The first-order chi connectivity index (χ1) is 7.47. The molecule has 1 aliphatic heterocycles. The van der Waals surface area contributed by atoms with Gasteiger partial charge in [0.15, 0.2) is 0 Å². The van der Waals surface area contributed by atoms with Gasteiger partial charge in [-0.05, 0) is 24.3 Å². The van der Waals surface area contributed by atoms with Gasteiger partial charge in [0, 0.05) is 24.3 Å². The molecule has 0 amide bonds. The minimum Gasteiger partial charge on any atom is -1.00 e. The lowest BCUT2D eigenvalue weighted by Crippen LogP contribution is -3.00. The van der Waals surface area contributed by atoms with Crippen LogP contribution in [0.25, 0.3) is 0 Å². The normalized spacial score (nSPS) is 20.2. The molecule has 17 heavy (non-hydrogen) atoms. The van der Waals surface area contributed by atoms with E-state index in [9.17, 15) is 0 Å². The highest BCUT2D eigenvalue weighted by atomic mass is 127. The van der Waals surface area contributed by atoms with Crippen molar-refractivity contribution in [2.75, 3.05) is 44.9 Å². The fourth-order valence-electron chi connectivity index (χ4n) is 2.29. The molecular weight excluding hydrogens is 325 g/mol. The van der Waals surface area contributed by atoms with E-state index in [4.69, 9.17) is 5.73 Å². The summed E-state index contributed by atoms with van der Waals surface area (Å²) in [6.07, 6.45) is 1.27. The Morgan fingerprint density at radius 2 is 1.76 bits per heavy atom. The second-order valence-corrected chi connectivity index (χ2v) is 5.60. The van der Waals surface area contributed by atoms with E-state index in [1.807, 2.05) is 12.1 Å². The third-order valence-corrected chi connectivity index (χ3v) is 3.52. The molecule has 3 nitrogen and oxygen atoms in total. The van der Waals surface area contributed by atoms with Crippen molar-refractivity contribution in [3.63, 3.8) is 0 Å². The van der Waals surface area contributed by atoms with Crippen molar-refractivity contribution < 1.29 is 28.5 Å². The highest BCUT2D eigenvalue weighted by Crippen LogP contribution is 2.24. The van der Waals surface area contributed by atoms with Gasteiger partial charge in [-0.15, -0.1) is 0 Å². The summed E-state index contributed by atoms with van der Waals surface area (Å²) in [6.45, 7) is 2.30. The minimum absolute atomic E-state index is 0. The number of rotatable bonds is 2. The Balaban J connectivity index is 0.00000144. The standard InChI is InChI=1S/C13H22N3.HI/c1-16(2,3)13-8-9-15(10-13)12-6-4-11(14)5-7-12;/h4-7,13H,8-10,14H2,1-3H3;1H/q+1;/p-1. The molecule has 96 valence electrons. The zero-order valence-electron chi connectivity index (χ0n) is 10.9. The number of likely N-dealkylation sites (N-methyl/N-ethyl adjacent to an activating group) is 1. The first kappa shape index (κ1) is 14.6. The monoisotopic (exact) mass is 347 g/mol. The number of halogens is 1. The molecule has 4 heteroatoms. The molecule has 0 radical (unpaired) electrons. The summed E-state index contributed by atoms with van der Waals surface area (Å²) < 4.78 is 1.05. The number of anilines is 2. The second kappa shape index (κ2) is 5.44. The van der Waals surface area contributed by atoms with Crippen molar-refractivity contribution in [2.24, 2.45) is 0 Å². The van der Waals surface area contributed by atoms with E-state index >= 15 is 0 Å². The second-order valence-electron chi connectivity index (χ2n) is 5.60. The van der Waals surface area contributed by atoms with E-state index in [0.29, 0.717) is 0 Å². The number of benzene rings is 1. The van der Waals surface area contributed by atoms with Crippen LogP contribution in [0, 0.1) is 0 Å². The average molecular weight is 347 g/mol. The largest absolute Gasteiger partial charge is 1.00 e. The number of hydrogen-bond donors (Lipinski definition) is 1. The van der Waals surface area contributed by atoms with Crippen LogP contribution < -0.4 is 34.6 Å². The van der Waals surface area contributed by atoms with Gasteiger partial charge < -0.3 is 39.1 Å². The Hall–Kier alpha value is -0.490. The Kier molecular flexibility index (Phi) is 4.66. The maximum atomic E-state index is 5.70. The summed E-state index contributed by atoms with van der Waals surface area (Å²) in [7, 11) is 6.82. The highest BCUT2D eigenvalue weighted by molar-refractivity contribution is 5.53. The lowest BCUT2D eigenvalue weighted by molar-refractivity contribution is -0.893. The van der Waals surface area contributed by atoms with Crippen molar-refractivity contribution in [3.8, 4) is 0 Å².